The summed E-state index contributed by atoms with van der Waals surface area (Å²) in [6, 6.07) is 6.07. The zero-order chi connectivity index (χ0) is 15.6. The molecule has 6 nitrogen and oxygen atoms in total. The van der Waals surface area contributed by atoms with Gasteiger partial charge in [0.15, 0.2) is 0 Å². The molecule has 0 aliphatic heterocycles. The summed E-state index contributed by atoms with van der Waals surface area (Å²) in [5.41, 5.74) is 0.217. The average Bonchev–Trinajstić information content (AvgIpc) is 2.88. The van der Waals surface area contributed by atoms with Crippen LogP contribution in [0, 0.1) is 0 Å². The first-order valence-corrected chi connectivity index (χ1v) is 8.68. The molecule has 0 radical (unpaired) electrons. The number of carboxylic acid groups (broad SMARTS) is 1. The van der Waals surface area contributed by atoms with Crippen molar-refractivity contribution in [3.8, 4) is 5.75 Å². The molecule has 0 saturated carbocycles. The molecule has 1 aromatic carbocycles. The number of halogens is 1. The Morgan fingerprint density at radius 3 is 2.71 bits per heavy atom. The van der Waals surface area contributed by atoms with E-state index < -0.39 is 16.0 Å². The molecule has 1 heterocycles. The van der Waals surface area contributed by atoms with Gasteiger partial charge in [0.2, 0.25) is 0 Å². The van der Waals surface area contributed by atoms with Crippen molar-refractivity contribution >= 4 is 48.9 Å². The average molecular weight is 392 g/mol. The molecule has 2 N–H and O–H groups in total. The number of aromatic carboxylic acids is 1. The van der Waals surface area contributed by atoms with Crippen molar-refractivity contribution in [3.05, 3.63) is 39.0 Å². The molecule has 0 saturated heterocycles. The Bertz CT molecular complexity index is 785. The second-order valence-corrected chi connectivity index (χ2v) is 7.35. The van der Waals surface area contributed by atoms with Crippen LogP contribution in [-0.4, -0.2) is 26.6 Å². The molecule has 0 amide bonds. The van der Waals surface area contributed by atoms with E-state index in [-0.39, 0.29) is 15.5 Å². The Labute approximate surface area is 133 Å². The van der Waals surface area contributed by atoms with Crippen molar-refractivity contribution in [2.24, 2.45) is 0 Å². The minimum Gasteiger partial charge on any atom is -0.495 e. The first-order valence-electron chi connectivity index (χ1n) is 5.52. The number of carboxylic acids is 1. The summed E-state index contributed by atoms with van der Waals surface area (Å²) in [5.74, 6) is -0.958. The first-order chi connectivity index (χ1) is 9.85. The second kappa shape index (κ2) is 6.04. The summed E-state index contributed by atoms with van der Waals surface area (Å²) in [6.45, 7) is 0. The lowest BCUT2D eigenvalue weighted by Gasteiger charge is -2.12. The van der Waals surface area contributed by atoms with Gasteiger partial charge in [-0.3, -0.25) is 4.72 Å². The van der Waals surface area contributed by atoms with Gasteiger partial charge < -0.3 is 9.84 Å². The van der Waals surface area contributed by atoms with Crippen LogP contribution in [0.4, 0.5) is 5.69 Å². The van der Waals surface area contributed by atoms with Crippen LogP contribution in [0.25, 0.3) is 0 Å². The van der Waals surface area contributed by atoms with Gasteiger partial charge in [-0.1, -0.05) is 15.9 Å². The van der Waals surface area contributed by atoms with E-state index in [1.165, 1.54) is 24.6 Å². The summed E-state index contributed by atoms with van der Waals surface area (Å²) in [6.07, 6.45) is 0. The monoisotopic (exact) mass is 391 g/mol. The molecule has 112 valence electrons. The van der Waals surface area contributed by atoms with Crippen LogP contribution in [0.2, 0.25) is 0 Å². The molecule has 9 heteroatoms. The predicted molar refractivity (Wildman–Crippen MR) is 82.8 cm³/mol. The number of methoxy groups -OCH3 is 1. The normalized spacial score (nSPS) is 11.1. The highest BCUT2D eigenvalue weighted by molar-refractivity contribution is 9.10. The molecule has 0 unspecified atom stereocenters. The maximum absolute atomic E-state index is 12.3. The minimum atomic E-state index is -4.02. The Morgan fingerprint density at radius 2 is 2.10 bits per heavy atom. The lowest BCUT2D eigenvalue weighted by atomic mass is 10.3. The van der Waals surface area contributed by atoms with Crippen molar-refractivity contribution in [3.63, 3.8) is 0 Å². The molecule has 0 atom stereocenters. The van der Waals surface area contributed by atoms with Crippen LogP contribution in [0.3, 0.4) is 0 Å². The number of benzene rings is 1. The summed E-state index contributed by atoms with van der Waals surface area (Å²) in [4.78, 5) is 10.5. The molecule has 0 fully saturated rings. The summed E-state index contributed by atoms with van der Waals surface area (Å²) >= 11 is 4.09. The summed E-state index contributed by atoms with van der Waals surface area (Å²) in [5, 5.41) is 10.4. The summed E-state index contributed by atoms with van der Waals surface area (Å²) in [7, 11) is -2.61. The van der Waals surface area contributed by atoms with Crippen molar-refractivity contribution in [1.82, 2.24) is 0 Å². The molecule has 0 aliphatic carbocycles. The van der Waals surface area contributed by atoms with E-state index in [0.29, 0.717) is 10.2 Å². The van der Waals surface area contributed by atoms with Crippen LogP contribution in [-0.2, 0) is 10.0 Å². The van der Waals surface area contributed by atoms with Gasteiger partial charge in [-0.05, 0) is 29.6 Å². The van der Waals surface area contributed by atoms with E-state index in [9.17, 15) is 13.2 Å². The number of thiophene rings is 1. The Kier molecular flexibility index (Phi) is 4.55. The number of sulfonamides is 1. The molecular formula is C12H10BrNO5S2. The van der Waals surface area contributed by atoms with E-state index in [0.717, 1.165) is 11.3 Å². The quantitative estimate of drug-likeness (QED) is 0.816. The third-order valence-electron chi connectivity index (χ3n) is 2.52. The molecule has 0 bridgehead atoms. The number of anilines is 1. The number of nitrogens with one attached hydrogen (secondary N) is 1. The number of hydrogen-bond acceptors (Lipinski definition) is 5. The molecule has 2 rings (SSSR count). The van der Waals surface area contributed by atoms with Gasteiger partial charge >= 0.3 is 5.97 Å². The zero-order valence-corrected chi connectivity index (χ0v) is 13.9. The van der Waals surface area contributed by atoms with E-state index in [1.807, 2.05) is 0 Å². The smallest absolute Gasteiger partial charge is 0.347 e. The molecule has 0 aliphatic rings. The van der Waals surface area contributed by atoms with Gasteiger partial charge in [0.05, 0.1) is 12.8 Å². The van der Waals surface area contributed by atoms with Gasteiger partial charge in [-0.15, -0.1) is 11.3 Å². The standard InChI is InChI=1S/C12H10BrNO5S2/c1-19-9-3-2-7(13)6-8(9)14-21(17,18)10-4-5-20-11(10)12(15)16/h2-6,14H,1H3,(H,15,16). The second-order valence-electron chi connectivity index (χ2n) is 3.87. The molecule has 2 aromatic rings. The molecular weight excluding hydrogens is 382 g/mol. The van der Waals surface area contributed by atoms with Gasteiger partial charge in [0.1, 0.15) is 15.5 Å². The van der Waals surface area contributed by atoms with Crippen molar-refractivity contribution in [2.75, 3.05) is 11.8 Å². The maximum atomic E-state index is 12.3. The van der Waals surface area contributed by atoms with Gasteiger partial charge in [0.25, 0.3) is 10.0 Å². The third kappa shape index (κ3) is 3.36. The zero-order valence-electron chi connectivity index (χ0n) is 10.7. The van der Waals surface area contributed by atoms with E-state index in [2.05, 4.69) is 20.7 Å². The topological polar surface area (TPSA) is 92.7 Å². The van der Waals surface area contributed by atoms with Gasteiger partial charge in [0, 0.05) is 4.47 Å². The van der Waals surface area contributed by atoms with Gasteiger partial charge in [-0.25, -0.2) is 13.2 Å². The largest absolute Gasteiger partial charge is 0.495 e. The van der Waals surface area contributed by atoms with Crippen LogP contribution < -0.4 is 9.46 Å². The Hall–Kier alpha value is -1.58. The van der Waals surface area contributed by atoms with Gasteiger partial charge in [-0.2, -0.15) is 0 Å². The van der Waals surface area contributed by atoms with E-state index in [1.54, 1.807) is 12.1 Å². The lowest BCUT2D eigenvalue weighted by molar-refractivity contribution is 0.0698. The highest BCUT2D eigenvalue weighted by Gasteiger charge is 2.24. The number of carbonyl (C=O) groups is 1. The number of hydrogen-bond donors (Lipinski definition) is 2. The number of rotatable bonds is 5. The van der Waals surface area contributed by atoms with Crippen LogP contribution in [0.5, 0.6) is 5.75 Å². The molecule has 21 heavy (non-hydrogen) atoms. The first kappa shape index (κ1) is 15.8. The van der Waals surface area contributed by atoms with Crippen LogP contribution in [0.15, 0.2) is 39.0 Å². The SMILES string of the molecule is COc1ccc(Br)cc1NS(=O)(=O)c1ccsc1C(=O)O. The predicted octanol–water partition coefficient (Wildman–Crippen LogP) is 3.02. The lowest BCUT2D eigenvalue weighted by Crippen LogP contribution is -2.15. The fraction of sp³-hybridized carbons (Fsp3) is 0.0833. The van der Waals surface area contributed by atoms with E-state index >= 15 is 0 Å². The van der Waals surface area contributed by atoms with Crippen LogP contribution in [0.1, 0.15) is 9.67 Å². The maximum Gasteiger partial charge on any atom is 0.347 e. The third-order valence-corrected chi connectivity index (χ3v) is 5.45. The fourth-order valence-electron chi connectivity index (χ4n) is 1.62. The van der Waals surface area contributed by atoms with Crippen molar-refractivity contribution < 1.29 is 23.1 Å². The Balaban J connectivity index is 2.45. The molecule has 1 aromatic heterocycles. The van der Waals surface area contributed by atoms with Crippen molar-refractivity contribution in [2.45, 2.75) is 4.90 Å². The number of ether oxygens (including phenoxy) is 1. The highest BCUT2D eigenvalue weighted by atomic mass is 79.9. The summed E-state index contributed by atoms with van der Waals surface area (Å²) < 4.78 is 32.7. The molecule has 0 spiro atoms. The minimum absolute atomic E-state index is 0.217. The van der Waals surface area contributed by atoms with Crippen molar-refractivity contribution in [1.29, 1.82) is 0 Å². The van der Waals surface area contributed by atoms with E-state index in [4.69, 9.17) is 9.84 Å². The fourth-order valence-corrected chi connectivity index (χ4v) is 4.31. The Morgan fingerprint density at radius 1 is 1.38 bits per heavy atom. The van der Waals surface area contributed by atoms with Crippen LogP contribution >= 0.6 is 27.3 Å². The highest BCUT2D eigenvalue weighted by Crippen LogP contribution is 2.31.